The summed E-state index contributed by atoms with van der Waals surface area (Å²) in [6.45, 7) is 3.23. The van der Waals surface area contributed by atoms with Gasteiger partial charge in [0.15, 0.2) is 0 Å². The van der Waals surface area contributed by atoms with Crippen molar-refractivity contribution >= 4 is 11.8 Å². The maximum Gasteiger partial charge on any atom is 0.255 e. The lowest BCUT2D eigenvalue weighted by molar-refractivity contribution is 0.0721. The number of nitrogens with zero attached hydrogens (tertiary/aromatic N) is 3. The van der Waals surface area contributed by atoms with Crippen LogP contribution in [0.3, 0.4) is 0 Å². The number of carbonyl (C=O) groups excluding carboxylic acids is 2. The zero-order chi connectivity index (χ0) is 15.4. The Hall–Kier alpha value is -1.91. The van der Waals surface area contributed by atoms with Gasteiger partial charge in [-0.3, -0.25) is 14.6 Å². The smallest absolute Gasteiger partial charge is 0.255 e. The highest BCUT2D eigenvalue weighted by atomic mass is 16.2. The molecular weight excluding hydrogens is 278 g/mol. The Balaban J connectivity index is 1.73. The van der Waals surface area contributed by atoms with Crippen molar-refractivity contribution in [2.75, 3.05) is 26.2 Å². The highest BCUT2D eigenvalue weighted by molar-refractivity contribution is 5.99. The lowest BCUT2D eigenvalue weighted by Gasteiger charge is -2.28. The fraction of sp³-hybridized carbons (Fsp3) is 0.588. The molecule has 0 aliphatic carbocycles. The SMILES string of the molecule is O=C(c1cncc(C(=O)N2CCCCC2)c1)N1CCCCC1. The quantitative estimate of drug-likeness (QED) is 0.842. The van der Waals surface area contributed by atoms with Gasteiger partial charge in [-0.2, -0.15) is 0 Å². The van der Waals surface area contributed by atoms with E-state index < -0.39 is 0 Å². The highest BCUT2D eigenvalue weighted by Crippen LogP contribution is 2.16. The molecule has 2 aliphatic rings. The number of rotatable bonds is 2. The molecular formula is C17H23N3O2. The topological polar surface area (TPSA) is 53.5 Å². The Bertz CT molecular complexity index is 501. The number of pyridine rings is 1. The van der Waals surface area contributed by atoms with Gasteiger partial charge in [0.1, 0.15) is 0 Å². The molecule has 1 aromatic rings. The van der Waals surface area contributed by atoms with E-state index in [1.807, 2.05) is 9.80 Å². The Morgan fingerprint density at radius 1 is 0.727 bits per heavy atom. The van der Waals surface area contributed by atoms with Gasteiger partial charge < -0.3 is 9.80 Å². The minimum absolute atomic E-state index is 0.000458. The Morgan fingerprint density at radius 2 is 1.14 bits per heavy atom. The van der Waals surface area contributed by atoms with Crippen LogP contribution in [0.15, 0.2) is 18.5 Å². The van der Waals surface area contributed by atoms with Crippen LogP contribution >= 0.6 is 0 Å². The van der Waals surface area contributed by atoms with Gasteiger partial charge in [0.25, 0.3) is 11.8 Å². The summed E-state index contributed by atoms with van der Waals surface area (Å²) < 4.78 is 0. The summed E-state index contributed by atoms with van der Waals surface area (Å²) in [4.78, 5) is 32.9. The van der Waals surface area contributed by atoms with E-state index in [4.69, 9.17) is 0 Å². The zero-order valence-corrected chi connectivity index (χ0v) is 13.0. The molecule has 5 heteroatoms. The fourth-order valence-corrected chi connectivity index (χ4v) is 3.23. The number of amides is 2. The van der Waals surface area contributed by atoms with Crippen molar-refractivity contribution in [2.24, 2.45) is 0 Å². The molecule has 0 bridgehead atoms. The minimum Gasteiger partial charge on any atom is -0.339 e. The van der Waals surface area contributed by atoms with Crippen LogP contribution in [0.5, 0.6) is 0 Å². The Kier molecular flexibility index (Phi) is 4.71. The van der Waals surface area contributed by atoms with Crippen molar-refractivity contribution in [1.29, 1.82) is 0 Å². The summed E-state index contributed by atoms with van der Waals surface area (Å²) in [5.41, 5.74) is 1.06. The van der Waals surface area contributed by atoms with Crippen molar-refractivity contribution in [2.45, 2.75) is 38.5 Å². The number of aromatic nitrogens is 1. The second-order valence-corrected chi connectivity index (χ2v) is 6.17. The van der Waals surface area contributed by atoms with Crippen molar-refractivity contribution in [3.8, 4) is 0 Å². The summed E-state index contributed by atoms with van der Waals surface area (Å²) in [5, 5.41) is 0. The van der Waals surface area contributed by atoms with Gasteiger partial charge in [0, 0.05) is 38.6 Å². The highest BCUT2D eigenvalue weighted by Gasteiger charge is 2.22. The first-order valence-corrected chi connectivity index (χ1v) is 8.29. The van der Waals surface area contributed by atoms with Gasteiger partial charge in [0.05, 0.1) is 11.1 Å². The molecule has 2 fully saturated rings. The van der Waals surface area contributed by atoms with Crippen molar-refractivity contribution in [3.63, 3.8) is 0 Å². The Morgan fingerprint density at radius 3 is 1.55 bits per heavy atom. The predicted molar refractivity (Wildman–Crippen MR) is 83.7 cm³/mol. The van der Waals surface area contributed by atoms with E-state index in [-0.39, 0.29) is 11.8 Å². The first-order chi connectivity index (χ1) is 10.8. The largest absolute Gasteiger partial charge is 0.339 e. The first-order valence-electron chi connectivity index (χ1n) is 8.29. The first kappa shape index (κ1) is 15.0. The second-order valence-electron chi connectivity index (χ2n) is 6.17. The molecule has 0 unspecified atom stereocenters. The van der Waals surface area contributed by atoms with Crippen molar-refractivity contribution < 1.29 is 9.59 Å². The molecule has 0 aromatic carbocycles. The third-order valence-electron chi connectivity index (χ3n) is 4.52. The van der Waals surface area contributed by atoms with Gasteiger partial charge >= 0.3 is 0 Å². The molecule has 2 amide bonds. The molecule has 3 rings (SSSR count). The average Bonchev–Trinajstić information content (AvgIpc) is 2.62. The van der Waals surface area contributed by atoms with E-state index in [1.54, 1.807) is 18.5 Å². The molecule has 5 nitrogen and oxygen atoms in total. The van der Waals surface area contributed by atoms with Gasteiger partial charge in [0.2, 0.25) is 0 Å². The fourth-order valence-electron chi connectivity index (χ4n) is 3.23. The Labute approximate surface area is 131 Å². The molecule has 0 N–H and O–H groups in total. The van der Waals surface area contributed by atoms with E-state index >= 15 is 0 Å². The van der Waals surface area contributed by atoms with Crippen LogP contribution in [0.25, 0.3) is 0 Å². The standard InChI is InChI=1S/C17H23N3O2/c21-16(19-7-3-1-4-8-19)14-11-15(13-18-12-14)17(22)20-9-5-2-6-10-20/h11-13H,1-10H2. The van der Waals surface area contributed by atoms with Crippen LogP contribution in [0, 0.1) is 0 Å². The summed E-state index contributed by atoms with van der Waals surface area (Å²) in [7, 11) is 0. The lowest BCUT2D eigenvalue weighted by Crippen LogP contribution is -2.37. The molecule has 2 saturated heterocycles. The number of hydrogen-bond donors (Lipinski definition) is 0. The van der Waals surface area contributed by atoms with Crippen molar-refractivity contribution in [1.82, 2.24) is 14.8 Å². The van der Waals surface area contributed by atoms with Gasteiger partial charge in [-0.15, -0.1) is 0 Å². The maximum absolute atomic E-state index is 12.5. The predicted octanol–water partition coefficient (Wildman–Crippen LogP) is 2.33. The summed E-state index contributed by atoms with van der Waals surface area (Å²) in [6.07, 6.45) is 9.77. The number of carbonyl (C=O) groups is 2. The molecule has 0 spiro atoms. The van der Waals surface area contributed by atoms with Crippen LogP contribution in [0.1, 0.15) is 59.2 Å². The molecule has 1 aromatic heterocycles. The molecule has 3 heterocycles. The molecule has 0 radical (unpaired) electrons. The third-order valence-corrected chi connectivity index (χ3v) is 4.52. The molecule has 118 valence electrons. The van der Waals surface area contributed by atoms with E-state index in [9.17, 15) is 9.59 Å². The lowest BCUT2D eigenvalue weighted by atomic mass is 10.1. The third kappa shape index (κ3) is 3.29. The monoisotopic (exact) mass is 301 g/mol. The van der Waals surface area contributed by atoms with E-state index in [0.717, 1.165) is 51.9 Å². The van der Waals surface area contributed by atoms with E-state index in [0.29, 0.717) is 11.1 Å². The van der Waals surface area contributed by atoms with Gasteiger partial charge in [-0.25, -0.2) is 0 Å². The minimum atomic E-state index is 0.000458. The van der Waals surface area contributed by atoms with E-state index in [1.165, 1.54) is 12.8 Å². The summed E-state index contributed by atoms with van der Waals surface area (Å²) >= 11 is 0. The van der Waals surface area contributed by atoms with Crippen LogP contribution in [-0.4, -0.2) is 52.8 Å². The molecule has 0 saturated carbocycles. The summed E-state index contributed by atoms with van der Waals surface area (Å²) in [6, 6.07) is 1.71. The normalized spacial score (nSPS) is 19.1. The van der Waals surface area contributed by atoms with Crippen molar-refractivity contribution in [3.05, 3.63) is 29.6 Å². The second kappa shape index (κ2) is 6.90. The number of piperidine rings is 2. The van der Waals surface area contributed by atoms with Crippen LogP contribution in [-0.2, 0) is 0 Å². The van der Waals surface area contributed by atoms with Gasteiger partial charge in [-0.05, 0) is 44.6 Å². The maximum atomic E-state index is 12.5. The molecule has 0 atom stereocenters. The summed E-state index contributed by atoms with van der Waals surface area (Å²) in [5.74, 6) is 0.000915. The molecule has 2 aliphatic heterocycles. The van der Waals surface area contributed by atoms with Crippen LogP contribution < -0.4 is 0 Å². The van der Waals surface area contributed by atoms with Gasteiger partial charge in [-0.1, -0.05) is 0 Å². The molecule has 22 heavy (non-hydrogen) atoms. The van der Waals surface area contributed by atoms with E-state index in [2.05, 4.69) is 4.98 Å². The number of likely N-dealkylation sites (tertiary alicyclic amines) is 2. The van der Waals surface area contributed by atoms with Crippen LogP contribution in [0.2, 0.25) is 0 Å². The van der Waals surface area contributed by atoms with Crippen LogP contribution in [0.4, 0.5) is 0 Å². The number of hydrogen-bond acceptors (Lipinski definition) is 3. The average molecular weight is 301 g/mol. The zero-order valence-electron chi connectivity index (χ0n) is 13.0.